The van der Waals surface area contributed by atoms with Crippen molar-refractivity contribution in [1.29, 1.82) is 5.26 Å². The van der Waals surface area contributed by atoms with Crippen molar-refractivity contribution in [2.75, 3.05) is 0 Å². The first kappa shape index (κ1) is 25.0. The predicted molar refractivity (Wildman–Crippen MR) is 133 cm³/mol. The van der Waals surface area contributed by atoms with Gasteiger partial charge in [0.2, 0.25) is 0 Å². The smallest absolute Gasteiger partial charge is 0.195 e. The lowest BCUT2D eigenvalue weighted by Gasteiger charge is -2.31. The maximum absolute atomic E-state index is 13.2. The molecule has 0 saturated heterocycles. The largest absolute Gasteiger partial charge is 0.196 e. The molecule has 0 spiro atoms. The van der Waals surface area contributed by atoms with Gasteiger partial charge in [0.05, 0.1) is 0 Å². The van der Waals surface area contributed by atoms with Gasteiger partial charge in [-0.15, -0.1) is 0 Å². The van der Waals surface area contributed by atoms with Gasteiger partial charge in [0.25, 0.3) is 0 Å². The van der Waals surface area contributed by atoms with E-state index in [1.165, 1.54) is 95.5 Å². The number of unbranched alkanes of at least 4 members (excludes halogenated alkanes) is 4. The van der Waals surface area contributed by atoms with Gasteiger partial charge in [-0.3, -0.25) is 0 Å². The third-order valence-corrected chi connectivity index (χ3v) is 8.23. The highest BCUT2D eigenvalue weighted by atomic mass is 19.1. The Kier molecular flexibility index (Phi) is 10.8. The molecular formula is C30H44FN. The molecule has 2 aliphatic carbocycles. The van der Waals surface area contributed by atoms with E-state index in [9.17, 15) is 4.39 Å². The first-order valence-electron chi connectivity index (χ1n) is 13.5. The molecule has 0 aliphatic heterocycles. The fraction of sp³-hybridized carbons (Fsp3) is 0.700. The van der Waals surface area contributed by atoms with Gasteiger partial charge in [-0.05, 0) is 105 Å². The van der Waals surface area contributed by atoms with Crippen molar-refractivity contribution in [2.24, 2.45) is 17.8 Å². The van der Waals surface area contributed by atoms with E-state index < -0.39 is 5.83 Å². The number of rotatable bonds is 11. The lowest BCUT2D eigenvalue weighted by molar-refractivity contribution is 0.245. The molecule has 0 atom stereocenters. The van der Waals surface area contributed by atoms with Crippen molar-refractivity contribution in [3.05, 3.63) is 47.3 Å². The topological polar surface area (TPSA) is 23.8 Å². The number of aryl methyl sites for hydroxylation is 1. The van der Waals surface area contributed by atoms with Crippen LogP contribution < -0.4 is 0 Å². The number of nitriles is 1. The molecule has 0 unspecified atom stereocenters. The number of halogens is 1. The molecule has 2 saturated carbocycles. The van der Waals surface area contributed by atoms with E-state index in [1.807, 2.05) is 0 Å². The number of allylic oxidation sites excluding steroid dienone is 2. The lowest BCUT2D eigenvalue weighted by atomic mass is 9.74. The summed E-state index contributed by atoms with van der Waals surface area (Å²) >= 11 is 0. The first-order valence-corrected chi connectivity index (χ1v) is 13.5. The summed E-state index contributed by atoms with van der Waals surface area (Å²) in [5, 5.41) is 8.61. The molecule has 176 valence electrons. The zero-order chi connectivity index (χ0) is 22.6. The highest BCUT2D eigenvalue weighted by molar-refractivity contribution is 5.26. The average Bonchev–Trinajstić information content (AvgIpc) is 2.84. The SMILES string of the molecule is CCCCCCCc1ccc(C2CCC(CCC3CCC(/C=C(/F)C#N)CC3)CC2)cc1. The second-order valence-electron chi connectivity index (χ2n) is 10.6. The molecule has 1 aromatic carbocycles. The molecule has 2 heteroatoms. The third-order valence-electron chi connectivity index (χ3n) is 8.23. The molecule has 0 amide bonds. The van der Waals surface area contributed by atoms with Crippen LogP contribution in [-0.4, -0.2) is 0 Å². The molecule has 3 rings (SSSR count). The van der Waals surface area contributed by atoms with Crippen molar-refractivity contribution in [1.82, 2.24) is 0 Å². The Morgan fingerprint density at radius 3 is 2.06 bits per heavy atom. The molecule has 0 bridgehead atoms. The minimum absolute atomic E-state index is 0.286. The Labute approximate surface area is 196 Å². The fourth-order valence-electron chi connectivity index (χ4n) is 6.03. The van der Waals surface area contributed by atoms with Gasteiger partial charge in [0.1, 0.15) is 6.07 Å². The molecule has 1 aromatic rings. The Bertz CT molecular complexity index is 712. The van der Waals surface area contributed by atoms with Gasteiger partial charge in [-0.2, -0.15) is 9.65 Å². The van der Waals surface area contributed by atoms with Crippen LogP contribution in [0, 0.1) is 29.1 Å². The van der Waals surface area contributed by atoms with E-state index in [0.29, 0.717) is 0 Å². The van der Waals surface area contributed by atoms with Crippen LogP contribution in [-0.2, 0) is 6.42 Å². The predicted octanol–water partition coefficient (Wildman–Crippen LogP) is 9.44. The molecule has 32 heavy (non-hydrogen) atoms. The zero-order valence-corrected chi connectivity index (χ0v) is 20.3. The van der Waals surface area contributed by atoms with Gasteiger partial charge in [-0.25, -0.2) is 0 Å². The van der Waals surface area contributed by atoms with Gasteiger partial charge in [-0.1, -0.05) is 69.7 Å². The summed E-state index contributed by atoms with van der Waals surface area (Å²) in [7, 11) is 0. The maximum Gasteiger partial charge on any atom is 0.196 e. The van der Waals surface area contributed by atoms with E-state index in [2.05, 4.69) is 31.2 Å². The van der Waals surface area contributed by atoms with Crippen LogP contribution in [0.5, 0.6) is 0 Å². The second kappa shape index (κ2) is 13.8. The van der Waals surface area contributed by atoms with Crippen LogP contribution >= 0.6 is 0 Å². The van der Waals surface area contributed by atoms with Crippen LogP contribution in [0.3, 0.4) is 0 Å². The van der Waals surface area contributed by atoms with Gasteiger partial charge < -0.3 is 0 Å². The monoisotopic (exact) mass is 437 g/mol. The highest BCUT2D eigenvalue weighted by Crippen LogP contribution is 2.40. The van der Waals surface area contributed by atoms with Crippen molar-refractivity contribution in [3.8, 4) is 6.07 Å². The Morgan fingerprint density at radius 1 is 0.875 bits per heavy atom. The third kappa shape index (κ3) is 8.38. The molecule has 0 aromatic heterocycles. The van der Waals surface area contributed by atoms with Crippen molar-refractivity contribution < 1.29 is 4.39 Å². The molecule has 0 heterocycles. The fourth-order valence-corrected chi connectivity index (χ4v) is 6.03. The van der Waals surface area contributed by atoms with Gasteiger partial charge in [0, 0.05) is 0 Å². The van der Waals surface area contributed by atoms with Gasteiger partial charge in [0.15, 0.2) is 5.83 Å². The van der Waals surface area contributed by atoms with Crippen LogP contribution in [0.25, 0.3) is 0 Å². The molecular weight excluding hydrogens is 393 g/mol. The first-order chi connectivity index (χ1) is 15.7. The summed E-state index contributed by atoms with van der Waals surface area (Å²) in [4.78, 5) is 0. The van der Waals surface area contributed by atoms with E-state index in [4.69, 9.17) is 5.26 Å². The lowest BCUT2D eigenvalue weighted by Crippen LogP contribution is -2.17. The van der Waals surface area contributed by atoms with Crippen molar-refractivity contribution >= 4 is 0 Å². The summed E-state index contributed by atoms with van der Waals surface area (Å²) in [6.45, 7) is 2.28. The van der Waals surface area contributed by atoms with E-state index in [-0.39, 0.29) is 5.92 Å². The summed E-state index contributed by atoms with van der Waals surface area (Å²) in [5.74, 6) is 2.18. The Morgan fingerprint density at radius 2 is 1.47 bits per heavy atom. The van der Waals surface area contributed by atoms with Crippen LogP contribution in [0.1, 0.15) is 120 Å². The number of hydrogen-bond donors (Lipinski definition) is 0. The molecule has 2 aliphatic rings. The number of nitrogens with zero attached hydrogens (tertiary/aromatic N) is 1. The van der Waals surface area contributed by atoms with Crippen LogP contribution in [0.2, 0.25) is 0 Å². The molecule has 1 nitrogen and oxygen atoms in total. The standard InChI is InChI=1S/C30H44FN/c1-2-3-4-5-6-7-24-14-18-28(19-15-24)29-20-16-26(17-21-29)9-8-25-10-12-27(13-11-25)22-30(31)23-32/h14-15,18-19,22,25-27,29H,2-13,16-17,20-21H2,1H3/b30-22+. The van der Waals surface area contributed by atoms with Crippen molar-refractivity contribution in [2.45, 2.75) is 116 Å². The van der Waals surface area contributed by atoms with E-state index >= 15 is 0 Å². The van der Waals surface area contributed by atoms with E-state index in [1.54, 1.807) is 17.7 Å². The minimum Gasteiger partial charge on any atom is -0.195 e. The quantitative estimate of drug-likeness (QED) is 0.250. The zero-order valence-electron chi connectivity index (χ0n) is 20.3. The van der Waals surface area contributed by atoms with E-state index in [0.717, 1.165) is 30.6 Å². The summed E-state index contributed by atoms with van der Waals surface area (Å²) in [6.07, 6.45) is 22.3. The normalized spacial score (nSPS) is 26.6. The van der Waals surface area contributed by atoms with Crippen LogP contribution in [0.4, 0.5) is 4.39 Å². The second-order valence-corrected chi connectivity index (χ2v) is 10.6. The highest BCUT2D eigenvalue weighted by Gasteiger charge is 2.25. The minimum atomic E-state index is -0.595. The average molecular weight is 438 g/mol. The molecule has 0 radical (unpaired) electrons. The number of benzene rings is 1. The summed E-state index contributed by atoms with van der Waals surface area (Å²) < 4.78 is 13.2. The Hall–Kier alpha value is -1.62. The van der Waals surface area contributed by atoms with Crippen LogP contribution in [0.15, 0.2) is 36.2 Å². The molecule has 0 N–H and O–H groups in total. The van der Waals surface area contributed by atoms with Crippen molar-refractivity contribution in [3.63, 3.8) is 0 Å². The summed E-state index contributed by atoms with van der Waals surface area (Å²) in [5.41, 5.74) is 3.08. The summed E-state index contributed by atoms with van der Waals surface area (Å²) in [6, 6.07) is 11.2. The Balaban J connectivity index is 1.31. The number of hydrogen-bond acceptors (Lipinski definition) is 1. The molecule has 2 fully saturated rings. The maximum atomic E-state index is 13.2. The van der Waals surface area contributed by atoms with Gasteiger partial charge >= 0.3 is 0 Å².